The third kappa shape index (κ3) is 2.98. The van der Waals surface area contributed by atoms with Gasteiger partial charge in [0, 0.05) is 10.7 Å². The zero-order chi connectivity index (χ0) is 16.4. The number of phenols is 1. The third-order valence-electron chi connectivity index (χ3n) is 3.39. The third-order valence-corrected chi connectivity index (χ3v) is 4.06. The van der Waals surface area contributed by atoms with Gasteiger partial charge in [-0.25, -0.2) is 4.68 Å². The van der Waals surface area contributed by atoms with Gasteiger partial charge in [-0.15, -0.1) is 0 Å². The van der Waals surface area contributed by atoms with Gasteiger partial charge < -0.3 is 9.84 Å². The van der Waals surface area contributed by atoms with Gasteiger partial charge in [0.2, 0.25) is 0 Å². The van der Waals surface area contributed by atoms with E-state index in [1.54, 1.807) is 16.9 Å². The molecule has 0 spiro atoms. The van der Waals surface area contributed by atoms with Crippen LogP contribution < -0.4 is 4.74 Å². The van der Waals surface area contributed by atoms with Gasteiger partial charge >= 0.3 is 0 Å². The molecule has 3 aromatic rings. The van der Waals surface area contributed by atoms with E-state index in [0.29, 0.717) is 11.3 Å². The number of ketones is 1. The van der Waals surface area contributed by atoms with E-state index in [0.717, 1.165) is 10.2 Å². The highest BCUT2D eigenvalue weighted by Crippen LogP contribution is 2.26. The lowest BCUT2D eigenvalue weighted by Gasteiger charge is -2.05. The van der Waals surface area contributed by atoms with Crippen molar-refractivity contribution in [2.45, 2.75) is 0 Å². The van der Waals surface area contributed by atoms with E-state index in [2.05, 4.69) is 21.0 Å². The molecule has 0 aliphatic heterocycles. The average Bonchev–Trinajstić information content (AvgIpc) is 3.05. The second-order valence-electron chi connectivity index (χ2n) is 4.84. The minimum Gasteiger partial charge on any atom is -0.507 e. The van der Waals surface area contributed by atoms with Crippen molar-refractivity contribution in [2.75, 3.05) is 7.11 Å². The summed E-state index contributed by atoms with van der Waals surface area (Å²) >= 11 is 3.45. The van der Waals surface area contributed by atoms with E-state index in [1.807, 2.05) is 24.3 Å². The van der Waals surface area contributed by atoms with Crippen molar-refractivity contribution in [3.8, 4) is 17.2 Å². The summed E-state index contributed by atoms with van der Waals surface area (Å²) in [5, 5.41) is 14.1. The number of nitrogens with zero attached hydrogens (tertiary/aromatic N) is 2. The number of rotatable bonds is 4. The summed E-state index contributed by atoms with van der Waals surface area (Å²) in [7, 11) is 1.51. The number of benzene rings is 2. The van der Waals surface area contributed by atoms with Crippen molar-refractivity contribution < 1.29 is 14.6 Å². The molecule has 0 unspecified atom stereocenters. The molecule has 1 heterocycles. The first-order valence-corrected chi connectivity index (χ1v) is 7.60. The SMILES string of the molecule is COc1ccc(O)c(C(=O)c2cnn(-c3ccccc3Br)c2)c1. The molecular weight excluding hydrogens is 360 g/mol. The average molecular weight is 373 g/mol. The predicted octanol–water partition coefficient (Wildman–Crippen LogP) is 3.58. The van der Waals surface area contributed by atoms with Gasteiger partial charge in [-0.1, -0.05) is 12.1 Å². The molecule has 116 valence electrons. The minimum atomic E-state index is -0.320. The Bertz CT molecular complexity index is 874. The molecule has 23 heavy (non-hydrogen) atoms. The molecule has 5 nitrogen and oxygen atoms in total. The summed E-state index contributed by atoms with van der Waals surface area (Å²) in [4.78, 5) is 12.6. The van der Waals surface area contributed by atoms with E-state index >= 15 is 0 Å². The fourth-order valence-electron chi connectivity index (χ4n) is 2.19. The van der Waals surface area contributed by atoms with E-state index < -0.39 is 0 Å². The quantitative estimate of drug-likeness (QED) is 0.710. The van der Waals surface area contributed by atoms with Crippen LogP contribution >= 0.6 is 15.9 Å². The molecule has 0 fully saturated rings. The van der Waals surface area contributed by atoms with Gasteiger partial charge in [0.05, 0.1) is 30.1 Å². The molecule has 0 bridgehead atoms. The van der Waals surface area contributed by atoms with Crippen LogP contribution in [0.2, 0.25) is 0 Å². The maximum Gasteiger partial charge on any atom is 0.200 e. The van der Waals surface area contributed by atoms with E-state index in [4.69, 9.17) is 4.74 Å². The molecule has 0 saturated heterocycles. The Balaban J connectivity index is 1.98. The molecule has 1 N–H and O–H groups in total. The van der Waals surface area contributed by atoms with E-state index in [-0.39, 0.29) is 17.1 Å². The highest BCUT2D eigenvalue weighted by atomic mass is 79.9. The largest absolute Gasteiger partial charge is 0.507 e. The second-order valence-corrected chi connectivity index (χ2v) is 5.69. The molecule has 0 aliphatic rings. The topological polar surface area (TPSA) is 64.3 Å². The molecule has 2 aromatic carbocycles. The Morgan fingerprint density at radius 1 is 1.26 bits per heavy atom. The van der Waals surface area contributed by atoms with Crippen LogP contribution in [-0.4, -0.2) is 27.8 Å². The summed E-state index contributed by atoms with van der Waals surface area (Å²) in [5.74, 6) is 0.0912. The molecule has 0 atom stereocenters. The van der Waals surface area contributed by atoms with Crippen LogP contribution in [0.4, 0.5) is 0 Å². The fourth-order valence-corrected chi connectivity index (χ4v) is 2.66. The number of aromatic nitrogens is 2. The molecule has 0 saturated carbocycles. The molecule has 1 aromatic heterocycles. The van der Waals surface area contributed by atoms with Crippen LogP contribution in [0, 0.1) is 0 Å². The number of hydrogen-bond donors (Lipinski definition) is 1. The number of carbonyl (C=O) groups excluding carboxylic acids is 1. The minimum absolute atomic E-state index is 0.0931. The number of hydrogen-bond acceptors (Lipinski definition) is 4. The maximum absolute atomic E-state index is 12.6. The number of para-hydroxylation sites is 1. The molecular formula is C17H13BrN2O3. The molecule has 0 aliphatic carbocycles. The van der Waals surface area contributed by atoms with Crippen LogP contribution in [0.15, 0.2) is 59.3 Å². The van der Waals surface area contributed by atoms with Crippen molar-refractivity contribution in [1.82, 2.24) is 9.78 Å². The van der Waals surface area contributed by atoms with Crippen molar-refractivity contribution >= 4 is 21.7 Å². The number of aromatic hydroxyl groups is 1. The Hall–Kier alpha value is -2.60. The fraction of sp³-hybridized carbons (Fsp3) is 0.0588. The summed E-state index contributed by atoms with van der Waals surface area (Å²) in [6.45, 7) is 0. The Kier molecular flexibility index (Phi) is 4.16. The van der Waals surface area contributed by atoms with Gasteiger partial charge in [0.25, 0.3) is 0 Å². The monoisotopic (exact) mass is 372 g/mol. The van der Waals surface area contributed by atoms with Gasteiger partial charge in [-0.3, -0.25) is 4.79 Å². The van der Waals surface area contributed by atoms with Crippen molar-refractivity contribution in [2.24, 2.45) is 0 Å². The van der Waals surface area contributed by atoms with E-state index in [1.165, 1.54) is 25.4 Å². The van der Waals surface area contributed by atoms with Crippen LogP contribution in [0.5, 0.6) is 11.5 Å². The first-order valence-electron chi connectivity index (χ1n) is 6.81. The second kappa shape index (κ2) is 6.26. The molecule has 0 radical (unpaired) electrons. The summed E-state index contributed by atoms with van der Waals surface area (Å²) < 4.78 is 7.57. The molecule has 6 heteroatoms. The van der Waals surface area contributed by atoms with Crippen LogP contribution in [0.25, 0.3) is 5.69 Å². The Morgan fingerprint density at radius 2 is 2.04 bits per heavy atom. The highest BCUT2D eigenvalue weighted by Gasteiger charge is 2.17. The Morgan fingerprint density at radius 3 is 2.78 bits per heavy atom. The highest BCUT2D eigenvalue weighted by molar-refractivity contribution is 9.10. The number of carbonyl (C=O) groups is 1. The molecule has 0 amide bonds. The van der Waals surface area contributed by atoms with Crippen LogP contribution in [-0.2, 0) is 0 Å². The van der Waals surface area contributed by atoms with Crippen molar-refractivity contribution in [3.05, 3.63) is 70.5 Å². The summed E-state index contributed by atoms with van der Waals surface area (Å²) in [6, 6.07) is 12.1. The smallest absolute Gasteiger partial charge is 0.200 e. The van der Waals surface area contributed by atoms with E-state index in [9.17, 15) is 9.90 Å². The zero-order valence-electron chi connectivity index (χ0n) is 12.2. The van der Waals surface area contributed by atoms with Crippen molar-refractivity contribution in [3.63, 3.8) is 0 Å². The number of halogens is 1. The predicted molar refractivity (Wildman–Crippen MR) is 89.4 cm³/mol. The first kappa shape index (κ1) is 15.3. The van der Waals surface area contributed by atoms with Crippen LogP contribution in [0.3, 0.4) is 0 Å². The van der Waals surface area contributed by atoms with Crippen molar-refractivity contribution in [1.29, 1.82) is 0 Å². The molecule has 3 rings (SSSR count). The number of ether oxygens (including phenoxy) is 1. The zero-order valence-corrected chi connectivity index (χ0v) is 13.8. The van der Waals surface area contributed by atoms with Crippen LogP contribution in [0.1, 0.15) is 15.9 Å². The Labute approximate surface area is 141 Å². The van der Waals surface area contributed by atoms with Gasteiger partial charge in [0.1, 0.15) is 11.5 Å². The number of methoxy groups -OCH3 is 1. The van der Waals surface area contributed by atoms with Gasteiger partial charge in [-0.05, 0) is 46.3 Å². The van der Waals surface area contributed by atoms with Gasteiger partial charge in [0.15, 0.2) is 5.78 Å². The summed E-state index contributed by atoms with van der Waals surface area (Å²) in [5.41, 5.74) is 1.38. The van der Waals surface area contributed by atoms with Gasteiger partial charge in [-0.2, -0.15) is 5.10 Å². The number of phenolic OH excluding ortho intramolecular Hbond substituents is 1. The lowest BCUT2D eigenvalue weighted by molar-refractivity contribution is 0.103. The maximum atomic E-state index is 12.6. The summed E-state index contributed by atoms with van der Waals surface area (Å²) in [6.07, 6.45) is 3.10. The lowest BCUT2D eigenvalue weighted by atomic mass is 10.1. The standard InChI is InChI=1S/C17H13BrN2O3/c1-23-12-6-7-16(21)13(8-12)17(22)11-9-19-20(10-11)15-5-3-2-4-14(15)18/h2-10,21H,1H3. The normalized spacial score (nSPS) is 10.5. The lowest BCUT2D eigenvalue weighted by Crippen LogP contribution is -2.01. The first-order chi connectivity index (χ1) is 11.1.